The molecule has 282 valence electrons. The first-order valence-electron chi connectivity index (χ1n) is 17.9. The van der Waals surface area contributed by atoms with E-state index < -0.39 is 11.2 Å². The summed E-state index contributed by atoms with van der Waals surface area (Å²) in [4.78, 5) is 55.8. The van der Waals surface area contributed by atoms with Gasteiger partial charge in [-0.2, -0.15) is 0 Å². The number of urea groups is 1. The highest BCUT2D eigenvalue weighted by molar-refractivity contribution is 6.36. The summed E-state index contributed by atoms with van der Waals surface area (Å²) in [7, 11) is 8.42. The molecule has 54 heavy (non-hydrogen) atoms. The van der Waals surface area contributed by atoms with Crippen molar-refractivity contribution in [2.45, 2.75) is 38.3 Å². The Labute approximate surface area is 317 Å². The van der Waals surface area contributed by atoms with Crippen molar-refractivity contribution < 1.29 is 14.3 Å². The third-order valence-corrected chi connectivity index (χ3v) is 11.1. The summed E-state index contributed by atoms with van der Waals surface area (Å²) in [6.45, 7) is 4.56. The van der Waals surface area contributed by atoms with E-state index in [2.05, 4.69) is 38.6 Å². The number of rotatable bonds is 12. The first kappa shape index (κ1) is 37.0. The number of hydrogen-bond donors (Lipinski definition) is 2. The standard InChI is InChI=1S/C39H44ClN9O5/c1-22-25(9-8-12-28(22)44-34-32-35(42-21-41-34)47(3)39(52)48(4)37(32)50)26-10-7-11-27(33(26)40)29-19-23-13-14-30(31(23)36(45-29)54-6)46(2)16-15-24-20-49(17-18-53-5)38(51)43-24/h7-12,19,21,24,30H,13-18,20H2,1-6H3,(H,43,51)(H,41,42,44). The summed E-state index contributed by atoms with van der Waals surface area (Å²) < 4.78 is 13.5. The third-order valence-electron chi connectivity index (χ3n) is 10.7. The minimum atomic E-state index is -0.486. The quantitative estimate of drug-likeness (QED) is 0.182. The van der Waals surface area contributed by atoms with E-state index in [4.69, 9.17) is 26.1 Å². The van der Waals surface area contributed by atoms with Crippen molar-refractivity contribution >= 4 is 40.2 Å². The fourth-order valence-corrected chi connectivity index (χ4v) is 8.00. The number of nitrogens with zero attached hydrogens (tertiary/aromatic N) is 7. The summed E-state index contributed by atoms with van der Waals surface area (Å²) >= 11 is 7.24. The van der Waals surface area contributed by atoms with Crippen molar-refractivity contribution in [3.63, 3.8) is 0 Å². The zero-order valence-electron chi connectivity index (χ0n) is 31.3. The second-order valence-electron chi connectivity index (χ2n) is 13.9. The number of amides is 2. The van der Waals surface area contributed by atoms with Crippen LogP contribution in [0.5, 0.6) is 5.88 Å². The van der Waals surface area contributed by atoms with Gasteiger partial charge in [0.25, 0.3) is 5.56 Å². The van der Waals surface area contributed by atoms with Crippen LogP contribution in [0, 0.1) is 6.92 Å². The fourth-order valence-electron chi connectivity index (χ4n) is 7.67. The van der Waals surface area contributed by atoms with E-state index in [-0.39, 0.29) is 29.1 Å². The van der Waals surface area contributed by atoms with Crippen molar-refractivity contribution in [2.24, 2.45) is 14.1 Å². The van der Waals surface area contributed by atoms with Crippen molar-refractivity contribution in [1.29, 1.82) is 0 Å². The van der Waals surface area contributed by atoms with Crippen LogP contribution >= 0.6 is 11.6 Å². The second-order valence-corrected chi connectivity index (χ2v) is 14.3. The smallest absolute Gasteiger partial charge is 0.332 e. The SMILES string of the molecule is COCCN1CC(CCN(C)C2CCc3cc(-c4cccc(-c5cccc(Nc6ncnc7c6c(=O)n(C)c(=O)n7C)c5C)c4Cl)nc(OC)c32)NC1=O. The van der Waals surface area contributed by atoms with Gasteiger partial charge in [-0.3, -0.25) is 18.8 Å². The lowest BCUT2D eigenvalue weighted by Crippen LogP contribution is -2.37. The van der Waals surface area contributed by atoms with Crippen LogP contribution in [0.15, 0.2) is 58.4 Å². The number of halogens is 1. The maximum atomic E-state index is 13.2. The highest BCUT2D eigenvalue weighted by Crippen LogP contribution is 2.44. The van der Waals surface area contributed by atoms with E-state index in [0.717, 1.165) is 69.6 Å². The van der Waals surface area contributed by atoms with Crippen LogP contribution < -0.4 is 26.6 Å². The Morgan fingerprint density at radius 1 is 1.04 bits per heavy atom. The fraction of sp³-hybridized carbons (Fsp3) is 0.385. The molecule has 2 atom stereocenters. The van der Waals surface area contributed by atoms with Gasteiger partial charge in [0, 0.05) is 75.3 Å². The maximum Gasteiger partial charge on any atom is 0.332 e. The number of methoxy groups -OCH3 is 2. The summed E-state index contributed by atoms with van der Waals surface area (Å²) in [6, 6.07) is 14.0. The molecule has 1 aliphatic heterocycles. The van der Waals surface area contributed by atoms with Gasteiger partial charge in [-0.25, -0.2) is 24.5 Å². The van der Waals surface area contributed by atoms with Gasteiger partial charge >= 0.3 is 11.7 Å². The molecular weight excluding hydrogens is 710 g/mol. The lowest BCUT2D eigenvalue weighted by atomic mass is 9.96. The molecule has 2 aliphatic rings. The Balaban J connectivity index is 1.15. The summed E-state index contributed by atoms with van der Waals surface area (Å²) in [5.41, 5.74) is 6.38. The molecule has 2 amide bonds. The van der Waals surface area contributed by atoms with Crippen LogP contribution in [-0.2, 0) is 25.3 Å². The minimum Gasteiger partial charge on any atom is -0.481 e. The number of fused-ring (bicyclic) bond motifs is 2. The molecule has 15 heteroatoms. The van der Waals surface area contributed by atoms with Gasteiger partial charge in [-0.15, -0.1) is 0 Å². The molecule has 7 rings (SSSR count). The van der Waals surface area contributed by atoms with Crippen LogP contribution in [0.1, 0.15) is 35.6 Å². The molecule has 1 saturated heterocycles. The Morgan fingerprint density at radius 2 is 1.80 bits per heavy atom. The first-order valence-corrected chi connectivity index (χ1v) is 18.3. The molecule has 2 aromatic carbocycles. The molecule has 0 bridgehead atoms. The zero-order chi connectivity index (χ0) is 38.3. The van der Waals surface area contributed by atoms with Crippen LogP contribution in [0.4, 0.5) is 16.3 Å². The summed E-state index contributed by atoms with van der Waals surface area (Å²) in [5, 5.41) is 7.18. The molecule has 0 saturated carbocycles. The van der Waals surface area contributed by atoms with Gasteiger partial charge in [0.05, 0.1) is 24.4 Å². The van der Waals surface area contributed by atoms with Crippen molar-refractivity contribution in [3.05, 3.63) is 91.3 Å². The van der Waals surface area contributed by atoms with E-state index in [1.807, 2.05) is 43.3 Å². The lowest BCUT2D eigenvalue weighted by Gasteiger charge is -2.27. The third kappa shape index (κ3) is 6.69. The highest BCUT2D eigenvalue weighted by atomic mass is 35.5. The van der Waals surface area contributed by atoms with E-state index in [9.17, 15) is 14.4 Å². The molecule has 1 fully saturated rings. The molecule has 2 unspecified atom stereocenters. The van der Waals surface area contributed by atoms with Gasteiger partial charge in [-0.1, -0.05) is 41.9 Å². The number of benzene rings is 2. The van der Waals surface area contributed by atoms with Gasteiger partial charge < -0.3 is 25.0 Å². The predicted molar refractivity (Wildman–Crippen MR) is 209 cm³/mol. The molecule has 0 spiro atoms. The molecule has 4 heterocycles. The van der Waals surface area contributed by atoms with Gasteiger partial charge in [-0.05, 0) is 62.1 Å². The topological polar surface area (TPSA) is 149 Å². The Bertz CT molecular complexity index is 2380. The number of nitrogens with one attached hydrogen (secondary N) is 2. The molecular formula is C39H44ClN9O5. The monoisotopic (exact) mass is 753 g/mol. The number of aryl methyl sites for hydroxylation is 2. The van der Waals surface area contributed by atoms with E-state index in [1.165, 1.54) is 23.5 Å². The van der Waals surface area contributed by atoms with Crippen LogP contribution in [0.2, 0.25) is 5.02 Å². The number of ether oxygens (including phenoxy) is 2. The molecule has 2 N–H and O–H groups in total. The zero-order valence-corrected chi connectivity index (χ0v) is 32.0. The van der Waals surface area contributed by atoms with Gasteiger partial charge in [0.2, 0.25) is 5.88 Å². The minimum absolute atomic E-state index is 0.0363. The number of pyridine rings is 1. The number of hydrogen-bond acceptors (Lipinski definition) is 10. The Hall–Kier alpha value is -5.31. The van der Waals surface area contributed by atoms with Crippen molar-refractivity contribution in [3.8, 4) is 28.3 Å². The molecule has 1 aliphatic carbocycles. The van der Waals surface area contributed by atoms with Crippen LogP contribution in [0.25, 0.3) is 33.4 Å². The van der Waals surface area contributed by atoms with E-state index in [1.54, 1.807) is 26.2 Å². The summed E-state index contributed by atoms with van der Waals surface area (Å²) in [5.74, 6) is 0.880. The normalized spacial score (nSPS) is 16.7. The summed E-state index contributed by atoms with van der Waals surface area (Å²) in [6.07, 6.45) is 3.97. The molecule has 0 radical (unpaired) electrons. The van der Waals surface area contributed by atoms with Gasteiger partial charge in [0.15, 0.2) is 5.65 Å². The maximum absolute atomic E-state index is 13.2. The average molecular weight is 754 g/mol. The lowest BCUT2D eigenvalue weighted by molar-refractivity contribution is 0.160. The number of carbonyl (C=O) groups excluding carboxylic acids is 1. The Morgan fingerprint density at radius 3 is 2.57 bits per heavy atom. The van der Waals surface area contributed by atoms with Gasteiger partial charge in [0.1, 0.15) is 17.5 Å². The second kappa shape index (κ2) is 15.2. The van der Waals surface area contributed by atoms with Crippen molar-refractivity contribution in [2.75, 3.05) is 52.8 Å². The number of carbonyl (C=O) groups is 1. The molecule has 14 nitrogen and oxygen atoms in total. The predicted octanol–water partition coefficient (Wildman–Crippen LogP) is 4.82. The number of anilines is 2. The van der Waals surface area contributed by atoms with E-state index >= 15 is 0 Å². The van der Waals surface area contributed by atoms with Crippen LogP contribution in [0.3, 0.4) is 0 Å². The number of aromatic nitrogens is 5. The molecule has 3 aromatic heterocycles. The van der Waals surface area contributed by atoms with Crippen LogP contribution in [-0.4, -0.2) is 93.5 Å². The Kier molecular flexibility index (Phi) is 10.4. The average Bonchev–Trinajstić information content (AvgIpc) is 3.77. The van der Waals surface area contributed by atoms with Crippen molar-refractivity contribution in [1.82, 2.24) is 39.2 Å². The highest BCUT2D eigenvalue weighted by Gasteiger charge is 2.33. The van der Waals surface area contributed by atoms with E-state index in [0.29, 0.717) is 36.4 Å². The largest absolute Gasteiger partial charge is 0.481 e. The molecule has 5 aromatic rings. The first-order chi connectivity index (χ1) is 26.0.